The van der Waals surface area contributed by atoms with E-state index in [0.717, 1.165) is 11.3 Å². The number of halogens is 3. The first-order valence-electron chi connectivity index (χ1n) is 6.79. The molecule has 0 saturated carbocycles. The highest BCUT2D eigenvalue weighted by atomic mass is 35.5. The van der Waals surface area contributed by atoms with Crippen molar-refractivity contribution in [2.75, 3.05) is 19.1 Å². The van der Waals surface area contributed by atoms with Crippen LogP contribution in [0.2, 0.25) is 15.1 Å². The average Bonchev–Trinajstić information content (AvgIpc) is 2.51. The van der Waals surface area contributed by atoms with Crippen molar-refractivity contribution in [3.05, 3.63) is 51.0 Å². The first-order valence-corrected chi connectivity index (χ1v) is 7.93. The molecule has 2 rings (SSSR count). The van der Waals surface area contributed by atoms with Gasteiger partial charge in [-0.25, -0.2) is 0 Å². The van der Waals surface area contributed by atoms with Gasteiger partial charge in [0.1, 0.15) is 0 Å². The lowest BCUT2D eigenvalue weighted by Gasteiger charge is -2.11. The van der Waals surface area contributed by atoms with Gasteiger partial charge in [-0.15, -0.1) is 0 Å². The number of hydrazone groups is 1. The summed E-state index contributed by atoms with van der Waals surface area (Å²) in [6.45, 7) is 2.40. The van der Waals surface area contributed by atoms with Gasteiger partial charge in [0.05, 0.1) is 40.7 Å². The summed E-state index contributed by atoms with van der Waals surface area (Å²) < 4.78 is 10.8. The van der Waals surface area contributed by atoms with E-state index in [2.05, 4.69) is 10.5 Å². The zero-order chi connectivity index (χ0) is 16.8. The first-order chi connectivity index (χ1) is 11.0. The molecule has 0 spiro atoms. The van der Waals surface area contributed by atoms with E-state index in [-0.39, 0.29) is 0 Å². The maximum absolute atomic E-state index is 6.19. The van der Waals surface area contributed by atoms with Crippen LogP contribution in [0.1, 0.15) is 12.5 Å². The summed E-state index contributed by atoms with van der Waals surface area (Å²) in [5.41, 5.74) is 4.36. The van der Waals surface area contributed by atoms with Crippen LogP contribution in [0.25, 0.3) is 0 Å². The van der Waals surface area contributed by atoms with Gasteiger partial charge in [0.2, 0.25) is 0 Å². The number of methoxy groups -OCH3 is 1. The second-order valence-corrected chi connectivity index (χ2v) is 5.69. The molecule has 0 aliphatic rings. The van der Waals surface area contributed by atoms with E-state index in [1.807, 2.05) is 6.92 Å². The maximum atomic E-state index is 6.19. The topological polar surface area (TPSA) is 42.8 Å². The number of anilines is 1. The van der Waals surface area contributed by atoms with Gasteiger partial charge in [0.15, 0.2) is 11.5 Å². The van der Waals surface area contributed by atoms with E-state index >= 15 is 0 Å². The zero-order valence-electron chi connectivity index (χ0n) is 12.6. The molecule has 0 bridgehead atoms. The Kier molecular flexibility index (Phi) is 6.39. The van der Waals surface area contributed by atoms with Gasteiger partial charge in [0, 0.05) is 0 Å². The van der Waals surface area contributed by atoms with Gasteiger partial charge in [-0.2, -0.15) is 5.10 Å². The van der Waals surface area contributed by atoms with Crippen LogP contribution in [0.5, 0.6) is 11.5 Å². The lowest BCUT2D eigenvalue weighted by Crippen LogP contribution is -1.98. The summed E-state index contributed by atoms with van der Waals surface area (Å²) in [5.74, 6) is 1.07. The van der Waals surface area contributed by atoms with Crippen LogP contribution in [0.3, 0.4) is 0 Å². The van der Waals surface area contributed by atoms with Crippen molar-refractivity contribution >= 4 is 46.7 Å². The summed E-state index contributed by atoms with van der Waals surface area (Å²) in [6.07, 6.45) is 1.62. The maximum Gasteiger partial charge on any atom is 0.179 e. The van der Waals surface area contributed by atoms with E-state index in [1.54, 1.807) is 43.7 Å². The van der Waals surface area contributed by atoms with Gasteiger partial charge in [0.25, 0.3) is 0 Å². The molecule has 122 valence electrons. The number of nitrogens with zero attached hydrogens (tertiary/aromatic N) is 1. The second-order valence-electron chi connectivity index (χ2n) is 4.47. The Morgan fingerprint density at radius 3 is 2.52 bits per heavy atom. The molecule has 0 atom stereocenters. The van der Waals surface area contributed by atoms with Crippen molar-refractivity contribution in [2.24, 2.45) is 5.10 Å². The smallest absolute Gasteiger partial charge is 0.179 e. The van der Waals surface area contributed by atoms with Gasteiger partial charge < -0.3 is 9.47 Å². The second kappa shape index (κ2) is 8.29. The molecule has 0 aromatic heterocycles. The number of hydrogen-bond acceptors (Lipinski definition) is 4. The Bertz CT molecular complexity index is 721. The van der Waals surface area contributed by atoms with E-state index in [0.29, 0.717) is 33.2 Å². The Hall–Kier alpha value is -1.62. The molecule has 0 aliphatic carbocycles. The normalized spacial score (nSPS) is 10.8. The highest BCUT2D eigenvalue weighted by molar-refractivity contribution is 6.42. The molecule has 0 saturated heterocycles. The minimum Gasteiger partial charge on any atom is -0.491 e. The number of nitrogens with one attached hydrogen (secondary N) is 1. The zero-order valence-corrected chi connectivity index (χ0v) is 14.8. The van der Waals surface area contributed by atoms with Gasteiger partial charge in [-0.3, -0.25) is 5.43 Å². The molecule has 23 heavy (non-hydrogen) atoms. The molecule has 0 heterocycles. The molecular weight excluding hydrogens is 359 g/mol. The highest BCUT2D eigenvalue weighted by Gasteiger charge is 2.10. The Morgan fingerprint density at radius 2 is 1.87 bits per heavy atom. The molecule has 7 heteroatoms. The SMILES string of the molecule is CCOc1cc(C=NNc2ccc(Cl)c(Cl)c2)cc(Cl)c1OC. The van der Waals surface area contributed by atoms with E-state index in [4.69, 9.17) is 44.3 Å². The largest absolute Gasteiger partial charge is 0.491 e. The molecular formula is C16H15Cl3N2O2. The molecule has 0 unspecified atom stereocenters. The standard InChI is InChI=1S/C16H15Cl3N2O2/c1-3-23-15-7-10(6-14(19)16(15)22-2)9-20-21-11-4-5-12(17)13(18)8-11/h4-9,21H,3H2,1-2H3. The van der Waals surface area contributed by atoms with Crippen molar-refractivity contribution in [3.8, 4) is 11.5 Å². The average molecular weight is 374 g/mol. The fourth-order valence-corrected chi connectivity index (χ4v) is 2.46. The molecule has 2 aromatic rings. The van der Waals surface area contributed by atoms with Gasteiger partial charge >= 0.3 is 0 Å². The van der Waals surface area contributed by atoms with Crippen LogP contribution in [-0.2, 0) is 0 Å². The number of ether oxygens (including phenoxy) is 2. The van der Waals surface area contributed by atoms with Crippen LogP contribution in [0, 0.1) is 0 Å². The van der Waals surface area contributed by atoms with Gasteiger partial charge in [-0.05, 0) is 42.8 Å². The minimum atomic E-state index is 0.453. The first kappa shape index (κ1) is 17.7. The monoisotopic (exact) mass is 372 g/mol. The van der Waals surface area contributed by atoms with E-state index in [9.17, 15) is 0 Å². The van der Waals surface area contributed by atoms with Crippen molar-refractivity contribution in [1.82, 2.24) is 0 Å². The Balaban J connectivity index is 2.17. The summed E-state index contributed by atoms with van der Waals surface area (Å²) >= 11 is 18.0. The third-order valence-electron chi connectivity index (χ3n) is 2.86. The van der Waals surface area contributed by atoms with Crippen LogP contribution in [0.15, 0.2) is 35.4 Å². The predicted octanol–water partition coefficient (Wildman–Crippen LogP) is 5.50. The quantitative estimate of drug-likeness (QED) is 0.537. The Labute approximate surface area is 150 Å². The van der Waals surface area contributed by atoms with Crippen LogP contribution >= 0.6 is 34.8 Å². The lowest BCUT2D eigenvalue weighted by atomic mass is 10.2. The summed E-state index contributed by atoms with van der Waals surface area (Å²) in [7, 11) is 1.54. The molecule has 2 aromatic carbocycles. The molecule has 0 fully saturated rings. The third kappa shape index (κ3) is 4.67. The van der Waals surface area contributed by atoms with Crippen LogP contribution in [-0.4, -0.2) is 19.9 Å². The molecule has 0 amide bonds. The fraction of sp³-hybridized carbons (Fsp3) is 0.188. The lowest BCUT2D eigenvalue weighted by molar-refractivity contribution is 0.311. The van der Waals surface area contributed by atoms with E-state index in [1.165, 1.54) is 0 Å². The number of rotatable bonds is 6. The Morgan fingerprint density at radius 1 is 1.09 bits per heavy atom. The van der Waals surface area contributed by atoms with Crippen LogP contribution < -0.4 is 14.9 Å². The summed E-state index contributed by atoms with van der Waals surface area (Å²) in [4.78, 5) is 0. The minimum absolute atomic E-state index is 0.453. The van der Waals surface area contributed by atoms with Crippen molar-refractivity contribution in [1.29, 1.82) is 0 Å². The number of benzene rings is 2. The molecule has 4 nitrogen and oxygen atoms in total. The van der Waals surface area contributed by atoms with Gasteiger partial charge in [-0.1, -0.05) is 34.8 Å². The van der Waals surface area contributed by atoms with Crippen molar-refractivity contribution < 1.29 is 9.47 Å². The van der Waals surface area contributed by atoms with Crippen molar-refractivity contribution in [2.45, 2.75) is 6.92 Å². The van der Waals surface area contributed by atoms with Crippen LogP contribution in [0.4, 0.5) is 5.69 Å². The van der Waals surface area contributed by atoms with Crippen molar-refractivity contribution in [3.63, 3.8) is 0 Å². The molecule has 0 aliphatic heterocycles. The highest BCUT2D eigenvalue weighted by Crippen LogP contribution is 2.35. The number of hydrogen-bond donors (Lipinski definition) is 1. The molecule has 1 N–H and O–H groups in total. The van der Waals surface area contributed by atoms with E-state index < -0.39 is 0 Å². The summed E-state index contributed by atoms with van der Waals surface area (Å²) in [5, 5.41) is 5.55. The molecule has 0 radical (unpaired) electrons. The third-order valence-corrected chi connectivity index (χ3v) is 3.88. The fourth-order valence-electron chi connectivity index (χ4n) is 1.87. The predicted molar refractivity (Wildman–Crippen MR) is 96.9 cm³/mol. The summed E-state index contributed by atoms with van der Waals surface area (Å²) in [6, 6.07) is 8.70.